The van der Waals surface area contributed by atoms with E-state index in [1.807, 2.05) is 18.2 Å². The second kappa shape index (κ2) is 8.35. The lowest BCUT2D eigenvalue weighted by atomic mass is 10.2. The Hall–Kier alpha value is -3.06. The molecule has 3 rings (SSSR count). The van der Waals surface area contributed by atoms with Crippen LogP contribution in [0.15, 0.2) is 48.5 Å². The van der Waals surface area contributed by atoms with Gasteiger partial charge in [0.05, 0.1) is 37.4 Å². The van der Waals surface area contributed by atoms with Gasteiger partial charge >= 0.3 is 11.8 Å². The maximum Gasteiger partial charge on any atom is 0.314 e. The average Bonchev–Trinajstić information content (AvgIpc) is 2.69. The van der Waals surface area contributed by atoms with Crippen LogP contribution >= 0.6 is 0 Å². The van der Waals surface area contributed by atoms with Crippen molar-refractivity contribution in [3.63, 3.8) is 0 Å². The van der Waals surface area contributed by atoms with E-state index in [1.165, 1.54) is 7.11 Å². The number of carbonyl (C=O) groups is 2. The van der Waals surface area contributed by atoms with E-state index in [-0.39, 0.29) is 0 Å². The number of carbonyl (C=O) groups excluding carboxylic acids is 2. The van der Waals surface area contributed by atoms with Crippen molar-refractivity contribution >= 4 is 28.9 Å². The summed E-state index contributed by atoms with van der Waals surface area (Å²) in [6, 6.07) is 14.3. The molecule has 0 bridgehead atoms. The van der Waals surface area contributed by atoms with Gasteiger partial charge in [-0.1, -0.05) is 24.3 Å². The van der Waals surface area contributed by atoms with Crippen LogP contribution in [0, 0.1) is 0 Å². The summed E-state index contributed by atoms with van der Waals surface area (Å²) in [5.41, 5.74) is 1.90. The van der Waals surface area contributed by atoms with Crippen molar-refractivity contribution in [1.82, 2.24) is 0 Å². The molecule has 2 N–H and O–H groups in total. The number of nitrogens with one attached hydrogen (secondary N) is 2. The van der Waals surface area contributed by atoms with Crippen LogP contribution in [-0.2, 0) is 14.3 Å². The maximum atomic E-state index is 12.3. The largest absolute Gasteiger partial charge is 0.495 e. The molecule has 0 unspecified atom stereocenters. The van der Waals surface area contributed by atoms with Crippen molar-refractivity contribution in [1.29, 1.82) is 0 Å². The Kier molecular flexibility index (Phi) is 5.70. The molecule has 26 heavy (non-hydrogen) atoms. The number of hydrogen-bond acceptors (Lipinski definition) is 5. The predicted molar refractivity (Wildman–Crippen MR) is 99.7 cm³/mol. The van der Waals surface area contributed by atoms with Crippen LogP contribution in [0.3, 0.4) is 0 Å². The Morgan fingerprint density at radius 3 is 2.19 bits per heavy atom. The SMILES string of the molecule is COc1ccccc1NC(=O)C(=O)Nc1ccccc1N1CCOCC1. The van der Waals surface area contributed by atoms with E-state index in [1.54, 1.807) is 30.3 Å². The Bertz CT molecular complexity index is 788. The lowest BCUT2D eigenvalue weighted by Crippen LogP contribution is -2.37. The van der Waals surface area contributed by atoms with Gasteiger partial charge in [0.25, 0.3) is 0 Å². The fraction of sp³-hybridized carbons (Fsp3) is 0.263. The third-order valence-corrected chi connectivity index (χ3v) is 4.07. The summed E-state index contributed by atoms with van der Waals surface area (Å²) in [4.78, 5) is 26.7. The van der Waals surface area contributed by atoms with Crippen molar-refractivity contribution in [2.75, 3.05) is 48.9 Å². The van der Waals surface area contributed by atoms with E-state index in [0.717, 1.165) is 18.8 Å². The lowest BCUT2D eigenvalue weighted by Gasteiger charge is -2.30. The molecular weight excluding hydrogens is 334 g/mol. The zero-order valence-electron chi connectivity index (χ0n) is 14.5. The second-order valence-corrected chi connectivity index (χ2v) is 5.73. The number of rotatable bonds is 4. The molecule has 0 saturated carbocycles. The number of anilines is 3. The van der Waals surface area contributed by atoms with Crippen LogP contribution in [0.2, 0.25) is 0 Å². The van der Waals surface area contributed by atoms with Crippen molar-refractivity contribution in [2.45, 2.75) is 0 Å². The lowest BCUT2D eigenvalue weighted by molar-refractivity contribution is -0.133. The van der Waals surface area contributed by atoms with E-state index >= 15 is 0 Å². The molecule has 0 aliphatic carbocycles. The number of morpholine rings is 1. The molecule has 1 saturated heterocycles. The molecule has 7 nitrogen and oxygen atoms in total. The number of benzene rings is 2. The third kappa shape index (κ3) is 4.12. The first-order chi connectivity index (χ1) is 12.7. The molecule has 0 aromatic heterocycles. The van der Waals surface area contributed by atoms with Crippen molar-refractivity contribution < 1.29 is 19.1 Å². The minimum atomic E-state index is -0.758. The van der Waals surface area contributed by atoms with Gasteiger partial charge in [0.2, 0.25) is 0 Å². The van der Waals surface area contributed by atoms with Crippen LogP contribution in [0.5, 0.6) is 5.75 Å². The first kappa shape index (κ1) is 17.8. The van der Waals surface area contributed by atoms with Crippen LogP contribution in [-0.4, -0.2) is 45.2 Å². The van der Waals surface area contributed by atoms with Gasteiger partial charge in [-0.05, 0) is 24.3 Å². The van der Waals surface area contributed by atoms with Gasteiger partial charge in [0, 0.05) is 13.1 Å². The van der Waals surface area contributed by atoms with Gasteiger partial charge in [0.1, 0.15) is 5.75 Å². The van der Waals surface area contributed by atoms with E-state index in [0.29, 0.717) is 30.3 Å². The number of hydrogen-bond donors (Lipinski definition) is 2. The van der Waals surface area contributed by atoms with Gasteiger partial charge in [-0.15, -0.1) is 0 Å². The van der Waals surface area contributed by atoms with Crippen LogP contribution in [0.1, 0.15) is 0 Å². The zero-order valence-corrected chi connectivity index (χ0v) is 14.5. The highest BCUT2D eigenvalue weighted by Gasteiger charge is 2.19. The van der Waals surface area contributed by atoms with Gasteiger partial charge in [0.15, 0.2) is 0 Å². The molecule has 1 heterocycles. The van der Waals surface area contributed by atoms with Gasteiger partial charge in [-0.2, -0.15) is 0 Å². The molecule has 7 heteroatoms. The molecule has 2 aromatic carbocycles. The maximum absolute atomic E-state index is 12.3. The van der Waals surface area contributed by atoms with E-state index in [9.17, 15) is 9.59 Å². The quantitative estimate of drug-likeness (QED) is 0.821. The third-order valence-electron chi connectivity index (χ3n) is 4.07. The minimum absolute atomic E-state index is 0.441. The van der Waals surface area contributed by atoms with E-state index in [2.05, 4.69) is 15.5 Å². The first-order valence-corrected chi connectivity index (χ1v) is 8.36. The number of methoxy groups -OCH3 is 1. The van der Waals surface area contributed by atoms with Crippen LogP contribution < -0.4 is 20.3 Å². The fourth-order valence-corrected chi connectivity index (χ4v) is 2.77. The molecule has 1 aliphatic heterocycles. The normalized spacial score (nSPS) is 13.8. The molecule has 1 aliphatic rings. The van der Waals surface area contributed by atoms with E-state index < -0.39 is 11.8 Å². The monoisotopic (exact) mass is 355 g/mol. The van der Waals surface area contributed by atoms with Crippen LogP contribution in [0.25, 0.3) is 0 Å². The number of ether oxygens (including phenoxy) is 2. The number of para-hydroxylation sites is 4. The Morgan fingerprint density at radius 2 is 1.50 bits per heavy atom. The molecule has 2 aromatic rings. The minimum Gasteiger partial charge on any atom is -0.495 e. The number of nitrogens with zero attached hydrogens (tertiary/aromatic N) is 1. The fourth-order valence-electron chi connectivity index (χ4n) is 2.77. The Morgan fingerprint density at radius 1 is 0.923 bits per heavy atom. The molecule has 1 fully saturated rings. The summed E-state index contributed by atoms with van der Waals surface area (Å²) in [6.07, 6.45) is 0. The Balaban J connectivity index is 1.70. The summed E-state index contributed by atoms with van der Waals surface area (Å²) in [5, 5.41) is 5.26. The van der Waals surface area contributed by atoms with Crippen molar-refractivity contribution in [3.8, 4) is 5.75 Å². The smallest absolute Gasteiger partial charge is 0.314 e. The number of amides is 2. The van der Waals surface area contributed by atoms with Crippen molar-refractivity contribution in [2.24, 2.45) is 0 Å². The molecule has 0 spiro atoms. The molecule has 136 valence electrons. The highest BCUT2D eigenvalue weighted by Crippen LogP contribution is 2.27. The highest BCUT2D eigenvalue weighted by molar-refractivity contribution is 6.44. The molecule has 0 atom stereocenters. The topological polar surface area (TPSA) is 79.9 Å². The standard InChI is InChI=1S/C19H21N3O4/c1-25-17-9-5-3-7-15(17)21-19(24)18(23)20-14-6-2-4-8-16(14)22-10-12-26-13-11-22/h2-9H,10-13H2,1H3,(H,20,23)(H,21,24). The predicted octanol–water partition coefficient (Wildman–Crippen LogP) is 2.11. The highest BCUT2D eigenvalue weighted by atomic mass is 16.5. The summed E-state index contributed by atoms with van der Waals surface area (Å²) in [5.74, 6) is -1.01. The van der Waals surface area contributed by atoms with E-state index in [4.69, 9.17) is 9.47 Å². The summed E-state index contributed by atoms with van der Waals surface area (Å²) in [7, 11) is 1.50. The summed E-state index contributed by atoms with van der Waals surface area (Å²) >= 11 is 0. The molecular formula is C19H21N3O4. The summed E-state index contributed by atoms with van der Waals surface area (Å²) in [6.45, 7) is 2.74. The molecule has 0 radical (unpaired) electrons. The summed E-state index contributed by atoms with van der Waals surface area (Å²) < 4.78 is 10.5. The first-order valence-electron chi connectivity index (χ1n) is 8.36. The zero-order chi connectivity index (χ0) is 18.4. The average molecular weight is 355 g/mol. The van der Waals surface area contributed by atoms with Gasteiger partial charge in [-0.3, -0.25) is 9.59 Å². The van der Waals surface area contributed by atoms with Crippen molar-refractivity contribution in [3.05, 3.63) is 48.5 Å². The molecule has 2 amide bonds. The van der Waals surface area contributed by atoms with Crippen LogP contribution in [0.4, 0.5) is 17.1 Å². The second-order valence-electron chi connectivity index (χ2n) is 5.73. The van der Waals surface area contributed by atoms with Gasteiger partial charge in [-0.25, -0.2) is 0 Å². The van der Waals surface area contributed by atoms with Gasteiger partial charge < -0.3 is 25.0 Å². The Labute approximate surface area is 151 Å².